The van der Waals surface area contributed by atoms with Crippen LogP contribution < -0.4 is 10.2 Å². The van der Waals surface area contributed by atoms with Crippen molar-refractivity contribution in [2.75, 3.05) is 4.90 Å². The van der Waals surface area contributed by atoms with Crippen molar-refractivity contribution in [1.82, 2.24) is 9.88 Å². The Kier molecular flexibility index (Phi) is 5.06. The first-order chi connectivity index (χ1) is 14.5. The van der Waals surface area contributed by atoms with Crippen LogP contribution in [0.25, 0.3) is 11.8 Å². The molecule has 1 fully saturated rings. The van der Waals surface area contributed by atoms with Gasteiger partial charge >= 0.3 is 6.03 Å². The van der Waals surface area contributed by atoms with E-state index in [1.54, 1.807) is 12.1 Å². The summed E-state index contributed by atoms with van der Waals surface area (Å²) in [5.74, 6) is -1.34. The molecule has 0 saturated carbocycles. The van der Waals surface area contributed by atoms with Gasteiger partial charge < -0.3 is 4.57 Å². The van der Waals surface area contributed by atoms with Crippen LogP contribution in [0.5, 0.6) is 0 Å². The second-order valence-electron chi connectivity index (χ2n) is 7.10. The Hall–Kier alpha value is -3.93. The number of benzene rings is 2. The molecule has 4 amide bonds. The fraction of sp³-hybridized carbons (Fsp3) is 0.125. The maximum Gasteiger partial charge on any atom is 0.335 e. The van der Waals surface area contributed by atoms with Gasteiger partial charge in [0.25, 0.3) is 11.8 Å². The number of anilines is 1. The lowest BCUT2D eigenvalue weighted by Gasteiger charge is -2.26. The number of aryl methyl sites for hydroxylation is 2. The molecule has 0 spiro atoms. The summed E-state index contributed by atoms with van der Waals surface area (Å²) in [5, 5.41) is 2.26. The Morgan fingerprint density at radius 1 is 0.933 bits per heavy atom. The second-order valence-corrected chi connectivity index (χ2v) is 7.10. The van der Waals surface area contributed by atoms with Crippen LogP contribution in [0.15, 0.2) is 72.4 Å². The van der Waals surface area contributed by atoms with E-state index in [1.807, 2.05) is 73.1 Å². The van der Waals surface area contributed by atoms with Gasteiger partial charge in [-0.2, -0.15) is 0 Å². The van der Waals surface area contributed by atoms with Gasteiger partial charge in [0.15, 0.2) is 0 Å². The van der Waals surface area contributed by atoms with Gasteiger partial charge in [-0.25, -0.2) is 9.69 Å². The van der Waals surface area contributed by atoms with Gasteiger partial charge in [0, 0.05) is 17.6 Å². The SMILES string of the molecule is CCc1ccc(N2C(=O)NC(=O)/C(=C/c3cc(C)n(-c4ccccc4)c3)C2=O)cc1. The number of para-hydroxylation sites is 1. The summed E-state index contributed by atoms with van der Waals surface area (Å²) in [7, 11) is 0. The molecule has 6 heteroatoms. The van der Waals surface area contributed by atoms with Gasteiger partial charge in [0.2, 0.25) is 0 Å². The molecule has 2 heterocycles. The first kappa shape index (κ1) is 19.4. The third-order valence-electron chi connectivity index (χ3n) is 5.08. The molecule has 6 nitrogen and oxygen atoms in total. The molecule has 2 aromatic carbocycles. The van der Waals surface area contributed by atoms with E-state index in [4.69, 9.17) is 0 Å². The van der Waals surface area contributed by atoms with Crippen LogP contribution in [-0.4, -0.2) is 22.4 Å². The van der Waals surface area contributed by atoms with E-state index in [2.05, 4.69) is 5.32 Å². The molecular formula is C24H21N3O3. The van der Waals surface area contributed by atoms with Crippen molar-refractivity contribution >= 4 is 29.6 Å². The maximum absolute atomic E-state index is 13.0. The minimum atomic E-state index is -0.746. The van der Waals surface area contributed by atoms with Crippen molar-refractivity contribution in [1.29, 1.82) is 0 Å². The third-order valence-corrected chi connectivity index (χ3v) is 5.08. The molecule has 1 aromatic heterocycles. The molecule has 150 valence electrons. The van der Waals surface area contributed by atoms with Crippen molar-refractivity contribution < 1.29 is 14.4 Å². The fourth-order valence-electron chi connectivity index (χ4n) is 3.48. The quantitative estimate of drug-likeness (QED) is 0.532. The van der Waals surface area contributed by atoms with E-state index in [-0.39, 0.29) is 5.57 Å². The van der Waals surface area contributed by atoms with Crippen LogP contribution in [-0.2, 0) is 16.0 Å². The molecule has 0 unspecified atom stereocenters. The highest BCUT2D eigenvalue weighted by Crippen LogP contribution is 2.24. The number of amides is 4. The minimum Gasteiger partial charge on any atom is -0.321 e. The summed E-state index contributed by atoms with van der Waals surface area (Å²) in [6.07, 6.45) is 4.22. The molecule has 0 atom stereocenters. The number of imide groups is 2. The second kappa shape index (κ2) is 7.83. The smallest absolute Gasteiger partial charge is 0.321 e. The number of rotatable bonds is 4. The summed E-state index contributed by atoms with van der Waals surface area (Å²) in [5.41, 5.74) is 4.07. The number of aromatic nitrogens is 1. The molecule has 30 heavy (non-hydrogen) atoms. The number of barbiturate groups is 1. The van der Waals surface area contributed by atoms with Crippen LogP contribution in [0.1, 0.15) is 23.7 Å². The lowest BCUT2D eigenvalue weighted by molar-refractivity contribution is -0.122. The highest BCUT2D eigenvalue weighted by molar-refractivity contribution is 6.39. The van der Waals surface area contributed by atoms with Crippen molar-refractivity contribution in [2.24, 2.45) is 0 Å². The normalized spacial score (nSPS) is 15.6. The number of carbonyl (C=O) groups excluding carboxylic acids is 3. The van der Waals surface area contributed by atoms with Crippen LogP contribution in [0.2, 0.25) is 0 Å². The fourth-order valence-corrected chi connectivity index (χ4v) is 3.48. The van der Waals surface area contributed by atoms with Gasteiger partial charge in [0.05, 0.1) is 5.69 Å². The van der Waals surface area contributed by atoms with Crippen LogP contribution in [0, 0.1) is 6.92 Å². The van der Waals surface area contributed by atoms with E-state index in [0.717, 1.165) is 28.3 Å². The zero-order valence-corrected chi connectivity index (χ0v) is 16.8. The summed E-state index contributed by atoms with van der Waals surface area (Å²) >= 11 is 0. The Bertz CT molecular complexity index is 1160. The van der Waals surface area contributed by atoms with Crippen molar-refractivity contribution in [3.8, 4) is 5.69 Å². The predicted molar refractivity (Wildman–Crippen MR) is 115 cm³/mol. The summed E-state index contributed by atoms with van der Waals surface area (Å²) in [6, 6.07) is 18.1. The van der Waals surface area contributed by atoms with Gasteiger partial charge in [-0.1, -0.05) is 37.3 Å². The van der Waals surface area contributed by atoms with E-state index >= 15 is 0 Å². The lowest BCUT2D eigenvalue weighted by Crippen LogP contribution is -2.54. The average molecular weight is 399 g/mol. The molecule has 0 aliphatic carbocycles. The van der Waals surface area contributed by atoms with Crippen molar-refractivity contribution in [3.05, 3.63) is 89.3 Å². The molecule has 1 aliphatic rings. The van der Waals surface area contributed by atoms with Gasteiger partial charge in [-0.3, -0.25) is 14.9 Å². The molecule has 0 bridgehead atoms. The highest BCUT2D eigenvalue weighted by Gasteiger charge is 2.36. The third kappa shape index (κ3) is 3.55. The standard InChI is InChI=1S/C24H21N3O3/c1-3-17-9-11-20(12-10-17)27-23(29)21(22(28)25-24(27)30)14-18-13-16(2)26(15-18)19-7-5-4-6-8-19/h4-15H,3H2,1-2H3,(H,25,28,30)/b21-14-. The Labute approximate surface area is 174 Å². The lowest BCUT2D eigenvalue weighted by atomic mass is 10.1. The number of hydrogen-bond acceptors (Lipinski definition) is 3. The van der Waals surface area contributed by atoms with Crippen molar-refractivity contribution in [3.63, 3.8) is 0 Å². The minimum absolute atomic E-state index is 0.0839. The Morgan fingerprint density at radius 3 is 2.30 bits per heavy atom. The van der Waals surface area contributed by atoms with Crippen LogP contribution in [0.3, 0.4) is 0 Å². The summed E-state index contributed by atoms with van der Waals surface area (Å²) < 4.78 is 1.98. The topological polar surface area (TPSA) is 71.4 Å². The Morgan fingerprint density at radius 2 is 1.63 bits per heavy atom. The zero-order valence-electron chi connectivity index (χ0n) is 16.8. The molecule has 1 N–H and O–H groups in total. The van der Waals surface area contributed by atoms with E-state index in [0.29, 0.717) is 11.3 Å². The number of carbonyl (C=O) groups is 3. The molecular weight excluding hydrogens is 378 g/mol. The van der Waals surface area contributed by atoms with Gasteiger partial charge in [-0.15, -0.1) is 0 Å². The summed E-state index contributed by atoms with van der Waals surface area (Å²) in [4.78, 5) is 38.8. The first-order valence-electron chi connectivity index (χ1n) is 9.72. The average Bonchev–Trinajstić information content (AvgIpc) is 3.12. The monoisotopic (exact) mass is 399 g/mol. The van der Waals surface area contributed by atoms with Gasteiger partial charge in [-0.05, 0) is 60.9 Å². The Balaban J connectivity index is 1.69. The summed E-state index contributed by atoms with van der Waals surface area (Å²) in [6.45, 7) is 3.97. The number of hydrogen-bond donors (Lipinski definition) is 1. The largest absolute Gasteiger partial charge is 0.335 e. The van der Waals surface area contributed by atoms with E-state index < -0.39 is 17.8 Å². The molecule has 1 aliphatic heterocycles. The molecule has 4 rings (SSSR count). The maximum atomic E-state index is 13.0. The molecule has 0 radical (unpaired) electrons. The molecule has 3 aromatic rings. The number of urea groups is 1. The molecule has 1 saturated heterocycles. The number of nitrogens with one attached hydrogen (secondary N) is 1. The predicted octanol–water partition coefficient (Wildman–Crippen LogP) is 4.01. The zero-order chi connectivity index (χ0) is 21.3. The van der Waals surface area contributed by atoms with Gasteiger partial charge in [0.1, 0.15) is 5.57 Å². The van der Waals surface area contributed by atoms with Crippen LogP contribution in [0.4, 0.5) is 10.5 Å². The van der Waals surface area contributed by atoms with E-state index in [9.17, 15) is 14.4 Å². The number of nitrogens with zero attached hydrogens (tertiary/aromatic N) is 2. The van der Waals surface area contributed by atoms with E-state index in [1.165, 1.54) is 6.08 Å². The van der Waals surface area contributed by atoms with Crippen LogP contribution >= 0.6 is 0 Å². The van der Waals surface area contributed by atoms with Crippen molar-refractivity contribution in [2.45, 2.75) is 20.3 Å². The highest BCUT2D eigenvalue weighted by atomic mass is 16.2. The first-order valence-corrected chi connectivity index (χ1v) is 9.72.